The monoisotopic (exact) mass is 223 g/mol. The van der Waals surface area contributed by atoms with E-state index in [1.54, 1.807) is 25.1 Å². The lowest BCUT2D eigenvalue weighted by atomic mass is 10.4. The molecule has 0 saturated heterocycles. The van der Waals surface area contributed by atoms with E-state index in [1.807, 2.05) is 14.0 Å². The van der Waals surface area contributed by atoms with Gasteiger partial charge in [-0.3, -0.25) is 4.79 Å². The molecule has 0 spiro atoms. The molecule has 0 fully saturated rings. The van der Waals surface area contributed by atoms with E-state index in [9.17, 15) is 4.79 Å². The van der Waals surface area contributed by atoms with Gasteiger partial charge in [-0.1, -0.05) is 0 Å². The number of aromatic nitrogens is 2. The van der Waals surface area contributed by atoms with Crippen LogP contribution < -0.4 is 15.5 Å². The number of likely N-dealkylation sites (N-methyl/N-ethyl adjacent to an activating group) is 2. The third kappa shape index (κ3) is 3.08. The summed E-state index contributed by atoms with van der Waals surface area (Å²) in [5.41, 5.74) is 0. The second-order valence-corrected chi connectivity index (χ2v) is 3.44. The molecule has 88 valence electrons. The van der Waals surface area contributed by atoms with Crippen LogP contribution in [0.15, 0.2) is 6.07 Å². The Morgan fingerprint density at radius 1 is 1.44 bits per heavy atom. The fraction of sp³-hybridized carbons (Fsp3) is 0.500. The lowest BCUT2D eigenvalue weighted by Gasteiger charge is -2.17. The van der Waals surface area contributed by atoms with E-state index in [0.717, 1.165) is 11.6 Å². The number of anilines is 2. The lowest BCUT2D eigenvalue weighted by Crippen LogP contribution is -2.33. The first-order valence-electron chi connectivity index (χ1n) is 5.02. The summed E-state index contributed by atoms with van der Waals surface area (Å²) in [5, 5.41) is 5.52. The van der Waals surface area contributed by atoms with Gasteiger partial charge in [0.15, 0.2) is 0 Å². The number of amides is 1. The van der Waals surface area contributed by atoms with Crippen molar-refractivity contribution in [2.75, 3.05) is 37.9 Å². The molecule has 6 heteroatoms. The highest BCUT2D eigenvalue weighted by molar-refractivity contribution is 5.80. The average molecular weight is 223 g/mol. The van der Waals surface area contributed by atoms with Gasteiger partial charge in [-0.25, -0.2) is 9.97 Å². The number of carbonyl (C=O) groups is 1. The van der Waals surface area contributed by atoms with E-state index in [-0.39, 0.29) is 12.5 Å². The van der Waals surface area contributed by atoms with Crippen molar-refractivity contribution in [3.63, 3.8) is 0 Å². The van der Waals surface area contributed by atoms with Crippen LogP contribution in [0.2, 0.25) is 0 Å². The predicted molar refractivity (Wildman–Crippen MR) is 63.7 cm³/mol. The largest absolute Gasteiger partial charge is 0.373 e. The molecule has 0 saturated carbocycles. The Morgan fingerprint density at radius 2 is 2.12 bits per heavy atom. The van der Waals surface area contributed by atoms with Gasteiger partial charge in [0.25, 0.3) is 0 Å². The van der Waals surface area contributed by atoms with Crippen LogP contribution in [0.4, 0.5) is 11.6 Å². The Hall–Kier alpha value is -1.85. The second-order valence-electron chi connectivity index (χ2n) is 3.44. The fourth-order valence-electron chi connectivity index (χ4n) is 1.25. The zero-order valence-corrected chi connectivity index (χ0v) is 10.0. The number of aryl methyl sites for hydroxylation is 1. The summed E-state index contributed by atoms with van der Waals surface area (Å²) in [4.78, 5) is 21.4. The van der Waals surface area contributed by atoms with Crippen LogP contribution in [-0.2, 0) is 4.79 Å². The van der Waals surface area contributed by atoms with Gasteiger partial charge in [0.1, 0.15) is 17.5 Å². The van der Waals surface area contributed by atoms with Crippen LogP contribution in [0.3, 0.4) is 0 Å². The molecule has 0 atom stereocenters. The number of carbonyl (C=O) groups excluding carboxylic acids is 1. The maximum absolute atomic E-state index is 11.2. The third-order valence-corrected chi connectivity index (χ3v) is 2.13. The van der Waals surface area contributed by atoms with Crippen LogP contribution in [0.1, 0.15) is 5.82 Å². The summed E-state index contributed by atoms with van der Waals surface area (Å²) in [5.74, 6) is 2.09. The molecular formula is C10H17N5O. The second kappa shape index (κ2) is 5.29. The normalized spacial score (nSPS) is 9.75. The van der Waals surface area contributed by atoms with Gasteiger partial charge in [0, 0.05) is 27.2 Å². The van der Waals surface area contributed by atoms with E-state index < -0.39 is 0 Å². The maximum atomic E-state index is 11.2. The minimum absolute atomic E-state index is 0.0511. The van der Waals surface area contributed by atoms with Crippen molar-refractivity contribution in [2.24, 2.45) is 0 Å². The summed E-state index contributed by atoms with van der Waals surface area (Å²) >= 11 is 0. The first kappa shape index (κ1) is 12.2. The van der Waals surface area contributed by atoms with Crippen molar-refractivity contribution < 1.29 is 4.79 Å². The zero-order valence-electron chi connectivity index (χ0n) is 10.0. The summed E-state index contributed by atoms with van der Waals surface area (Å²) in [6.45, 7) is 2.09. The van der Waals surface area contributed by atoms with Gasteiger partial charge in [-0.05, 0) is 6.92 Å². The Kier molecular flexibility index (Phi) is 4.04. The van der Waals surface area contributed by atoms with E-state index >= 15 is 0 Å². The van der Waals surface area contributed by atoms with Crippen molar-refractivity contribution in [2.45, 2.75) is 6.92 Å². The predicted octanol–water partition coefficient (Wildman–Crippen LogP) is 0.00892. The first-order chi connectivity index (χ1) is 7.56. The lowest BCUT2D eigenvalue weighted by molar-refractivity contribution is -0.119. The minimum atomic E-state index is -0.0511. The quantitative estimate of drug-likeness (QED) is 0.752. The molecular weight excluding hydrogens is 206 g/mol. The number of rotatable bonds is 4. The number of hydrogen-bond acceptors (Lipinski definition) is 5. The topological polar surface area (TPSA) is 70.2 Å². The molecule has 1 aromatic rings. The summed E-state index contributed by atoms with van der Waals surface area (Å²) in [6.07, 6.45) is 0. The molecule has 16 heavy (non-hydrogen) atoms. The molecule has 0 unspecified atom stereocenters. The molecule has 0 radical (unpaired) electrons. The Bertz CT molecular complexity index is 379. The van der Waals surface area contributed by atoms with Crippen LogP contribution in [-0.4, -0.2) is 43.6 Å². The molecule has 2 N–H and O–H groups in total. The highest BCUT2D eigenvalue weighted by atomic mass is 16.1. The molecule has 0 aliphatic rings. The maximum Gasteiger partial charge on any atom is 0.239 e. The van der Waals surface area contributed by atoms with E-state index in [0.29, 0.717) is 5.82 Å². The molecule has 0 aliphatic carbocycles. The SMILES string of the molecule is CNC(=O)CN(C)c1cc(NC)nc(C)n1. The first-order valence-corrected chi connectivity index (χ1v) is 5.02. The Balaban J connectivity index is 2.86. The van der Waals surface area contributed by atoms with Crippen molar-refractivity contribution in [3.8, 4) is 0 Å². The molecule has 1 aromatic heterocycles. The highest BCUT2D eigenvalue weighted by Crippen LogP contribution is 2.13. The van der Waals surface area contributed by atoms with Gasteiger partial charge in [-0.15, -0.1) is 0 Å². The molecule has 0 bridgehead atoms. The number of nitrogens with zero attached hydrogens (tertiary/aromatic N) is 3. The highest BCUT2D eigenvalue weighted by Gasteiger charge is 2.09. The molecule has 6 nitrogen and oxygen atoms in total. The van der Waals surface area contributed by atoms with Crippen molar-refractivity contribution in [1.82, 2.24) is 15.3 Å². The van der Waals surface area contributed by atoms with Crippen molar-refractivity contribution in [3.05, 3.63) is 11.9 Å². The van der Waals surface area contributed by atoms with E-state index in [4.69, 9.17) is 0 Å². The number of nitrogens with one attached hydrogen (secondary N) is 2. The summed E-state index contributed by atoms with van der Waals surface area (Å²) in [6, 6.07) is 1.80. The van der Waals surface area contributed by atoms with Gasteiger partial charge in [0.05, 0.1) is 6.54 Å². The molecule has 1 heterocycles. The fourth-order valence-corrected chi connectivity index (χ4v) is 1.25. The molecule has 0 aromatic carbocycles. The van der Waals surface area contributed by atoms with Gasteiger partial charge in [0.2, 0.25) is 5.91 Å². The zero-order chi connectivity index (χ0) is 12.1. The number of hydrogen-bond donors (Lipinski definition) is 2. The Labute approximate surface area is 95.1 Å². The Morgan fingerprint density at radius 3 is 2.69 bits per heavy atom. The van der Waals surface area contributed by atoms with Crippen molar-refractivity contribution in [1.29, 1.82) is 0 Å². The van der Waals surface area contributed by atoms with Crippen molar-refractivity contribution >= 4 is 17.5 Å². The van der Waals surface area contributed by atoms with Crippen LogP contribution in [0.25, 0.3) is 0 Å². The molecule has 0 aliphatic heterocycles. The van der Waals surface area contributed by atoms with Gasteiger partial charge < -0.3 is 15.5 Å². The summed E-state index contributed by atoms with van der Waals surface area (Å²) in [7, 11) is 5.22. The summed E-state index contributed by atoms with van der Waals surface area (Å²) < 4.78 is 0. The minimum Gasteiger partial charge on any atom is -0.373 e. The van der Waals surface area contributed by atoms with Gasteiger partial charge in [-0.2, -0.15) is 0 Å². The third-order valence-electron chi connectivity index (χ3n) is 2.13. The van der Waals surface area contributed by atoms with Crippen LogP contribution in [0.5, 0.6) is 0 Å². The van der Waals surface area contributed by atoms with E-state index in [1.165, 1.54) is 0 Å². The molecule has 1 amide bonds. The average Bonchev–Trinajstić information content (AvgIpc) is 2.27. The smallest absolute Gasteiger partial charge is 0.239 e. The standard InChI is InChI=1S/C10H17N5O/c1-7-13-8(11-2)5-9(14-7)15(4)6-10(16)12-3/h5H,6H2,1-4H3,(H,12,16)(H,11,13,14). The van der Waals surface area contributed by atoms with Crippen LogP contribution >= 0.6 is 0 Å². The molecule has 1 rings (SSSR count). The van der Waals surface area contributed by atoms with E-state index in [2.05, 4.69) is 20.6 Å². The van der Waals surface area contributed by atoms with Crippen LogP contribution in [0, 0.1) is 6.92 Å². The van der Waals surface area contributed by atoms with Gasteiger partial charge >= 0.3 is 0 Å².